The van der Waals surface area contributed by atoms with Gasteiger partial charge in [-0.25, -0.2) is 0 Å². The maximum absolute atomic E-state index is 10.5. The molecule has 46 valence electrons. The summed E-state index contributed by atoms with van der Waals surface area (Å²) < 4.78 is 19.7. The molecule has 9 heavy (non-hydrogen) atoms. The molecule has 0 aliphatic carbocycles. The van der Waals surface area contributed by atoms with Crippen LogP contribution in [0.4, 0.5) is 0 Å². The van der Waals surface area contributed by atoms with Crippen LogP contribution in [0.5, 0.6) is 0 Å². The molecule has 2 nitrogen and oxygen atoms in total. The van der Waals surface area contributed by atoms with E-state index in [2.05, 4.69) is 0 Å². The summed E-state index contributed by atoms with van der Waals surface area (Å²) in [5.74, 6) is 0. The Bertz CT molecular complexity index is 208. The Morgan fingerprint density at radius 3 is 2.11 bits per heavy atom. The number of benzene rings is 1. The molecule has 0 heterocycles. The standard InChI is InChI=1S/C6H6GeO2/c8-7(9)6-4-2-1-3-5-6/h1-5,8H. The van der Waals surface area contributed by atoms with Gasteiger partial charge in [0.05, 0.1) is 0 Å². The van der Waals surface area contributed by atoms with Crippen LogP contribution in [0.25, 0.3) is 0 Å². The fourth-order valence-corrected chi connectivity index (χ4v) is 1.58. The second-order valence-electron chi connectivity index (χ2n) is 1.67. The summed E-state index contributed by atoms with van der Waals surface area (Å²) in [6, 6.07) is 8.68. The first kappa shape index (κ1) is 6.48. The molecule has 0 aromatic heterocycles. The van der Waals surface area contributed by atoms with Crippen molar-refractivity contribution in [2.24, 2.45) is 0 Å². The van der Waals surface area contributed by atoms with Gasteiger partial charge in [-0.1, -0.05) is 0 Å². The monoisotopic (exact) mass is 184 g/mol. The first-order valence-corrected chi connectivity index (χ1v) is 5.43. The third kappa shape index (κ3) is 1.64. The average Bonchev–Trinajstić information content (AvgIpc) is 1.90. The summed E-state index contributed by atoms with van der Waals surface area (Å²) in [6.07, 6.45) is 0. The van der Waals surface area contributed by atoms with Gasteiger partial charge in [-0.3, -0.25) is 0 Å². The van der Waals surface area contributed by atoms with E-state index in [-0.39, 0.29) is 0 Å². The summed E-state index contributed by atoms with van der Waals surface area (Å²) >= 11 is -3.02. The molecule has 0 saturated heterocycles. The first-order valence-electron chi connectivity index (χ1n) is 2.59. The number of hydrogen-bond donors (Lipinski definition) is 1. The molecule has 0 atom stereocenters. The first-order chi connectivity index (χ1) is 4.30. The van der Waals surface area contributed by atoms with Gasteiger partial charge in [0.25, 0.3) is 0 Å². The van der Waals surface area contributed by atoms with E-state index in [0.29, 0.717) is 4.40 Å². The van der Waals surface area contributed by atoms with Crippen LogP contribution in [0.1, 0.15) is 0 Å². The summed E-state index contributed by atoms with van der Waals surface area (Å²) in [5, 5.41) is 0. The van der Waals surface area contributed by atoms with Crippen molar-refractivity contribution in [3.63, 3.8) is 0 Å². The van der Waals surface area contributed by atoms with Crippen LogP contribution in [0.3, 0.4) is 0 Å². The Morgan fingerprint density at radius 2 is 1.78 bits per heavy atom. The van der Waals surface area contributed by atoms with E-state index in [1.807, 2.05) is 6.07 Å². The maximum atomic E-state index is 10.5. The van der Waals surface area contributed by atoms with Crippen molar-refractivity contribution >= 4 is 19.0 Å². The van der Waals surface area contributed by atoms with Crippen molar-refractivity contribution < 1.29 is 7.91 Å². The zero-order chi connectivity index (χ0) is 6.69. The van der Waals surface area contributed by atoms with Gasteiger partial charge in [-0.05, 0) is 0 Å². The Morgan fingerprint density at radius 1 is 1.22 bits per heavy atom. The van der Waals surface area contributed by atoms with Crippen molar-refractivity contribution in [1.82, 2.24) is 0 Å². The van der Waals surface area contributed by atoms with Crippen molar-refractivity contribution in [3.8, 4) is 0 Å². The molecule has 0 amide bonds. The van der Waals surface area contributed by atoms with E-state index < -0.39 is 14.6 Å². The third-order valence-corrected chi connectivity index (χ3v) is 2.76. The molecule has 0 aliphatic heterocycles. The molecule has 1 aromatic carbocycles. The van der Waals surface area contributed by atoms with Gasteiger partial charge in [0.2, 0.25) is 0 Å². The molecule has 0 saturated carbocycles. The molecule has 0 bridgehead atoms. The van der Waals surface area contributed by atoms with E-state index >= 15 is 0 Å². The van der Waals surface area contributed by atoms with Gasteiger partial charge in [0.1, 0.15) is 0 Å². The Kier molecular flexibility index (Phi) is 2.00. The van der Waals surface area contributed by atoms with Crippen molar-refractivity contribution in [1.29, 1.82) is 0 Å². The fraction of sp³-hybridized carbons (Fsp3) is 0. The predicted octanol–water partition coefficient (Wildman–Crippen LogP) is -0.195. The van der Waals surface area contributed by atoms with Crippen LogP contribution in [-0.2, 0) is 3.78 Å². The van der Waals surface area contributed by atoms with E-state index in [9.17, 15) is 3.78 Å². The van der Waals surface area contributed by atoms with Crippen molar-refractivity contribution in [2.45, 2.75) is 0 Å². The molecule has 0 unspecified atom stereocenters. The van der Waals surface area contributed by atoms with Gasteiger partial charge in [0, 0.05) is 0 Å². The summed E-state index contributed by atoms with van der Waals surface area (Å²) in [5.41, 5.74) is 0. The topological polar surface area (TPSA) is 37.3 Å². The molecule has 0 spiro atoms. The molecule has 1 N–H and O–H groups in total. The summed E-state index contributed by atoms with van der Waals surface area (Å²) in [6.45, 7) is 0. The van der Waals surface area contributed by atoms with Crippen LogP contribution < -0.4 is 4.40 Å². The van der Waals surface area contributed by atoms with Gasteiger partial charge in [0.15, 0.2) is 0 Å². The normalized spacial score (nSPS) is 8.89. The van der Waals surface area contributed by atoms with Crippen LogP contribution in [0, 0.1) is 0 Å². The number of rotatable bonds is 1. The molecule has 0 radical (unpaired) electrons. The van der Waals surface area contributed by atoms with Crippen LogP contribution in [-0.4, -0.2) is 18.8 Å². The molecular formula is C6H6GeO2. The molecule has 1 rings (SSSR count). The Hall–Kier alpha value is -0.637. The molecular weight excluding hydrogens is 177 g/mol. The Labute approximate surface area is 57.8 Å². The quantitative estimate of drug-likeness (QED) is 0.612. The van der Waals surface area contributed by atoms with Gasteiger partial charge in [-0.15, -0.1) is 0 Å². The molecule has 0 aliphatic rings. The second-order valence-corrected chi connectivity index (χ2v) is 4.16. The van der Waals surface area contributed by atoms with Crippen LogP contribution in [0.15, 0.2) is 30.3 Å². The van der Waals surface area contributed by atoms with E-state index in [4.69, 9.17) is 4.13 Å². The van der Waals surface area contributed by atoms with Crippen LogP contribution >= 0.6 is 0 Å². The zero-order valence-corrected chi connectivity index (χ0v) is 6.84. The molecule has 0 fully saturated rings. The minimum atomic E-state index is -3.02. The van der Waals surface area contributed by atoms with E-state index in [0.717, 1.165) is 0 Å². The van der Waals surface area contributed by atoms with Gasteiger partial charge in [-0.2, -0.15) is 0 Å². The predicted molar refractivity (Wildman–Crippen MR) is 34.7 cm³/mol. The fourth-order valence-electron chi connectivity index (χ4n) is 0.581. The summed E-state index contributed by atoms with van der Waals surface area (Å²) in [4.78, 5) is 0. The van der Waals surface area contributed by atoms with Crippen molar-refractivity contribution in [3.05, 3.63) is 30.3 Å². The van der Waals surface area contributed by atoms with Crippen molar-refractivity contribution in [2.75, 3.05) is 0 Å². The second kappa shape index (κ2) is 2.78. The third-order valence-electron chi connectivity index (χ3n) is 1.02. The summed E-state index contributed by atoms with van der Waals surface area (Å²) in [7, 11) is 0. The van der Waals surface area contributed by atoms with E-state index in [1.165, 1.54) is 0 Å². The van der Waals surface area contributed by atoms with Crippen LogP contribution in [0.2, 0.25) is 0 Å². The minimum absolute atomic E-state index is 0.581. The van der Waals surface area contributed by atoms with Gasteiger partial charge < -0.3 is 0 Å². The number of hydrogen-bond acceptors (Lipinski definition) is 1. The average molecular weight is 183 g/mol. The zero-order valence-electron chi connectivity index (χ0n) is 4.74. The molecule has 1 aromatic rings. The van der Waals surface area contributed by atoms with Gasteiger partial charge >= 0.3 is 57.3 Å². The Balaban J connectivity index is 2.98. The molecule has 3 heteroatoms. The van der Waals surface area contributed by atoms with E-state index in [1.54, 1.807) is 24.3 Å². The SMILES string of the molecule is [O]=[Ge]([OH])[c]1ccccc1.